The summed E-state index contributed by atoms with van der Waals surface area (Å²) in [6, 6.07) is 18.2. The van der Waals surface area contributed by atoms with Crippen LogP contribution < -0.4 is 18.9 Å². The number of nitrogens with one attached hydrogen (secondary N) is 1. The molecule has 1 atom stereocenters. The third kappa shape index (κ3) is 2.92. The molecule has 0 aromatic heterocycles. The van der Waals surface area contributed by atoms with Crippen molar-refractivity contribution in [2.45, 2.75) is 12.8 Å². The van der Waals surface area contributed by atoms with Crippen LogP contribution in [0.15, 0.2) is 54.6 Å². The van der Waals surface area contributed by atoms with Gasteiger partial charge in [-0.15, -0.1) is 5.69 Å². The van der Waals surface area contributed by atoms with E-state index in [-0.39, 0.29) is 18.9 Å². The average molecular weight is 203 g/mol. The van der Waals surface area contributed by atoms with E-state index in [0.29, 0.717) is 11.6 Å². The summed E-state index contributed by atoms with van der Waals surface area (Å²) in [5.74, 6) is 0.395. The van der Waals surface area contributed by atoms with E-state index in [1.165, 1.54) is 11.1 Å². The fraction of sp³-hybridized carbons (Fsp3) is 0.143. The summed E-state index contributed by atoms with van der Waals surface area (Å²) in [6.07, 6.45) is 0. The normalized spacial score (nSPS) is 11.6. The molecule has 0 saturated carbocycles. The van der Waals surface area contributed by atoms with Crippen LogP contribution in [0.4, 0.5) is 5.69 Å². The molecule has 0 radical (unpaired) electrons. The van der Waals surface area contributed by atoms with E-state index in [4.69, 9.17) is 5.73 Å². The molecule has 16 heavy (non-hydrogen) atoms. The van der Waals surface area contributed by atoms with Crippen LogP contribution in [0.5, 0.6) is 0 Å². The van der Waals surface area contributed by atoms with Crippen molar-refractivity contribution in [1.82, 2.24) is 0 Å². The maximum atomic E-state index is 7.44. The molecule has 1 unspecified atom stereocenters. The van der Waals surface area contributed by atoms with Crippen molar-refractivity contribution in [3.05, 3.63) is 71.5 Å². The molecule has 2 rings (SSSR count). The zero-order valence-electron chi connectivity index (χ0n) is 9.77. The molecule has 0 amide bonds. The van der Waals surface area contributed by atoms with Gasteiger partial charge in [0.2, 0.25) is 0 Å². The van der Waals surface area contributed by atoms with Crippen molar-refractivity contribution in [3.8, 4) is 0 Å². The third-order valence-corrected chi connectivity index (χ3v) is 2.71. The molecule has 0 spiro atoms. The first kappa shape index (κ1) is 12.9. The molecule has 0 saturated heterocycles. The second kappa shape index (κ2) is 5.79. The van der Waals surface area contributed by atoms with Crippen LogP contribution in [-0.2, 0) is 0 Å². The second-order valence-corrected chi connectivity index (χ2v) is 3.75. The molecule has 1 nitrogen and oxygen atoms in total. The maximum Gasteiger partial charge on any atom is 1.00 e. The summed E-state index contributed by atoms with van der Waals surface area (Å²) in [4.78, 5) is 0. The van der Waals surface area contributed by atoms with E-state index in [2.05, 4.69) is 31.2 Å². The van der Waals surface area contributed by atoms with Gasteiger partial charge in [-0.1, -0.05) is 61.5 Å². The Morgan fingerprint density at radius 3 is 1.88 bits per heavy atom. The summed E-state index contributed by atoms with van der Waals surface area (Å²) < 4.78 is 0. The first-order valence-corrected chi connectivity index (χ1v) is 5.14. The number of rotatable bonds is 2. The predicted molar refractivity (Wildman–Crippen MR) is 64.4 cm³/mol. The molecule has 0 aliphatic carbocycles. The Morgan fingerprint density at radius 1 is 0.812 bits per heavy atom. The molecule has 0 fully saturated rings. The smallest absolute Gasteiger partial charge is 0.699 e. The summed E-state index contributed by atoms with van der Waals surface area (Å²) in [5.41, 5.74) is 10.6. The molecular formula is C14H14LiN. The Balaban J connectivity index is 0.00000128. The minimum atomic E-state index is 0. The van der Waals surface area contributed by atoms with Gasteiger partial charge in [-0.25, -0.2) is 0 Å². The van der Waals surface area contributed by atoms with Crippen LogP contribution in [0.25, 0.3) is 5.73 Å². The molecule has 0 aliphatic rings. The van der Waals surface area contributed by atoms with Gasteiger partial charge in [0.25, 0.3) is 0 Å². The van der Waals surface area contributed by atoms with Crippen LogP contribution in [0.3, 0.4) is 0 Å². The quantitative estimate of drug-likeness (QED) is 0.661. The van der Waals surface area contributed by atoms with Gasteiger partial charge in [0, 0.05) is 5.92 Å². The van der Waals surface area contributed by atoms with Gasteiger partial charge in [0.1, 0.15) is 0 Å². The molecule has 1 N–H and O–H groups in total. The molecular weight excluding hydrogens is 189 g/mol. The molecule has 2 heteroatoms. The Hall–Kier alpha value is -1.16. The fourth-order valence-corrected chi connectivity index (χ4v) is 1.71. The minimum absolute atomic E-state index is 0. The van der Waals surface area contributed by atoms with E-state index in [1.54, 1.807) is 0 Å². The fourth-order valence-electron chi connectivity index (χ4n) is 1.71. The summed E-state index contributed by atoms with van der Waals surface area (Å²) in [7, 11) is 0. The maximum absolute atomic E-state index is 7.44. The molecule has 0 heterocycles. The molecule has 2 aromatic rings. The van der Waals surface area contributed by atoms with Crippen molar-refractivity contribution < 1.29 is 18.9 Å². The average Bonchev–Trinajstić information content (AvgIpc) is 2.30. The van der Waals surface area contributed by atoms with Crippen LogP contribution in [0.1, 0.15) is 24.0 Å². The van der Waals surface area contributed by atoms with E-state index in [9.17, 15) is 0 Å². The summed E-state index contributed by atoms with van der Waals surface area (Å²) in [5, 5.41) is 0. The predicted octanol–water partition coefficient (Wildman–Crippen LogP) is 1.53. The minimum Gasteiger partial charge on any atom is -0.699 e. The van der Waals surface area contributed by atoms with E-state index in [1.807, 2.05) is 30.3 Å². The molecule has 2 aromatic carbocycles. The van der Waals surface area contributed by atoms with Crippen LogP contribution in [-0.4, -0.2) is 0 Å². The zero-order chi connectivity index (χ0) is 10.7. The first-order valence-electron chi connectivity index (χ1n) is 5.14. The van der Waals surface area contributed by atoms with Gasteiger partial charge in [-0.3, -0.25) is 0 Å². The SMILES string of the molecule is CC(c1ccccc1)c1ccc([NH-])cc1.[Li+]. The number of hydrogen-bond acceptors (Lipinski definition) is 0. The van der Waals surface area contributed by atoms with Gasteiger partial charge in [0.15, 0.2) is 0 Å². The molecule has 0 bridgehead atoms. The van der Waals surface area contributed by atoms with E-state index in [0.717, 1.165) is 0 Å². The van der Waals surface area contributed by atoms with Gasteiger partial charge in [-0.2, -0.15) is 0 Å². The standard InChI is InChI=1S/C14H14N.Li/c1-11(12-5-3-2-4-6-12)13-7-9-14(15)10-8-13;/h2-11,15H,1H3;/q-1;+1. The van der Waals surface area contributed by atoms with Crippen molar-refractivity contribution in [2.24, 2.45) is 0 Å². The van der Waals surface area contributed by atoms with E-state index >= 15 is 0 Å². The third-order valence-electron chi connectivity index (χ3n) is 2.71. The van der Waals surface area contributed by atoms with Gasteiger partial charge >= 0.3 is 18.9 Å². The Labute approximate surface area is 109 Å². The first-order chi connectivity index (χ1) is 7.27. The van der Waals surface area contributed by atoms with Gasteiger partial charge < -0.3 is 5.73 Å². The topological polar surface area (TPSA) is 23.8 Å². The molecule has 76 valence electrons. The number of benzene rings is 2. The van der Waals surface area contributed by atoms with Crippen molar-refractivity contribution in [3.63, 3.8) is 0 Å². The van der Waals surface area contributed by atoms with Crippen molar-refractivity contribution >= 4 is 5.69 Å². The van der Waals surface area contributed by atoms with Crippen LogP contribution >= 0.6 is 0 Å². The van der Waals surface area contributed by atoms with Crippen LogP contribution in [0.2, 0.25) is 0 Å². The molecule has 0 aliphatic heterocycles. The van der Waals surface area contributed by atoms with Crippen molar-refractivity contribution in [2.75, 3.05) is 0 Å². The summed E-state index contributed by atoms with van der Waals surface area (Å²) >= 11 is 0. The second-order valence-electron chi connectivity index (χ2n) is 3.75. The zero-order valence-corrected chi connectivity index (χ0v) is 9.77. The number of hydrogen-bond donors (Lipinski definition) is 0. The van der Waals surface area contributed by atoms with Gasteiger partial charge in [0.05, 0.1) is 0 Å². The Bertz CT molecular complexity index is 422. The Morgan fingerprint density at radius 2 is 1.31 bits per heavy atom. The largest absolute Gasteiger partial charge is 1.00 e. The van der Waals surface area contributed by atoms with Crippen LogP contribution in [0, 0.1) is 0 Å². The van der Waals surface area contributed by atoms with Crippen molar-refractivity contribution in [1.29, 1.82) is 0 Å². The monoisotopic (exact) mass is 203 g/mol. The Kier molecular flexibility index (Phi) is 4.67. The summed E-state index contributed by atoms with van der Waals surface area (Å²) in [6.45, 7) is 2.19. The van der Waals surface area contributed by atoms with E-state index < -0.39 is 0 Å². The van der Waals surface area contributed by atoms with Gasteiger partial charge in [-0.05, 0) is 11.1 Å².